The van der Waals surface area contributed by atoms with E-state index in [0.717, 1.165) is 36.7 Å². The fourth-order valence-corrected chi connectivity index (χ4v) is 2.72. The van der Waals surface area contributed by atoms with Crippen molar-refractivity contribution in [1.82, 2.24) is 15.1 Å². The molecule has 0 aromatic carbocycles. The van der Waals surface area contributed by atoms with E-state index in [1.807, 2.05) is 20.9 Å². The van der Waals surface area contributed by atoms with E-state index >= 15 is 0 Å². The summed E-state index contributed by atoms with van der Waals surface area (Å²) in [5.41, 5.74) is 2.43. The Hall–Kier alpha value is -1.67. The third kappa shape index (κ3) is 3.07. The summed E-state index contributed by atoms with van der Waals surface area (Å²) in [6.45, 7) is 7.09. The van der Waals surface area contributed by atoms with Gasteiger partial charge in [-0.2, -0.15) is 10.4 Å². The lowest BCUT2D eigenvalue weighted by Gasteiger charge is -2.32. The Morgan fingerprint density at radius 1 is 1.30 bits per heavy atom. The first kappa shape index (κ1) is 14.7. The van der Waals surface area contributed by atoms with Crippen molar-refractivity contribution < 1.29 is 0 Å². The van der Waals surface area contributed by atoms with E-state index in [1.54, 1.807) is 0 Å². The lowest BCUT2D eigenvalue weighted by Crippen LogP contribution is -2.36. The lowest BCUT2D eigenvalue weighted by atomic mass is 9.96. The lowest BCUT2D eigenvalue weighted by molar-refractivity contribution is 0.222. The molecule has 108 valence electrons. The summed E-state index contributed by atoms with van der Waals surface area (Å²) in [5.74, 6) is 1.39. The van der Waals surface area contributed by atoms with Gasteiger partial charge in [0.25, 0.3) is 0 Å². The summed E-state index contributed by atoms with van der Waals surface area (Å²) in [6, 6.07) is 2.28. The van der Waals surface area contributed by atoms with Gasteiger partial charge in [0.05, 0.1) is 5.69 Å². The molecule has 0 aliphatic carbocycles. The molecular formula is C15H23N5. The van der Waals surface area contributed by atoms with Gasteiger partial charge < -0.3 is 9.80 Å². The minimum atomic E-state index is 0.660. The Balaban J connectivity index is 2.12. The average molecular weight is 273 g/mol. The SMILES string of the molecule is Cc1nnc(N(C)CC2CCN(C)CC2)c(C#N)c1C. The number of likely N-dealkylation sites (tertiary alicyclic amines) is 1. The van der Waals surface area contributed by atoms with Crippen molar-refractivity contribution in [3.05, 3.63) is 16.8 Å². The van der Waals surface area contributed by atoms with E-state index < -0.39 is 0 Å². The molecule has 2 heterocycles. The van der Waals surface area contributed by atoms with Gasteiger partial charge in [-0.05, 0) is 58.3 Å². The van der Waals surface area contributed by atoms with E-state index in [1.165, 1.54) is 12.8 Å². The van der Waals surface area contributed by atoms with Gasteiger partial charge >= 0.3 is 0 Å². The number of piperidine rings is 1. The summed E-state index contributed by atoms with van der Waals surface area (Å²) in [4.78, 5) is 4.46. The van der Waals surface area contributed by atoms with Crippen LogP contribution in [0.25, 0.3) is 0 Å². The highest BCUT2D eigenvalue weighted by atomic mass is 15.3. The maximum atomic E-state index is 9.36. The van der Waals surface area contributed by atoms with Crippen molar-refractivity contribution in [1.29, 1.82) is 5.26 Å². The van der Waals surface area contributed by atoms with Crippen LogP contribution in [0.1, 0.15) is 29.7 Å². The molecule has 0 amide bonds. The zero-order chi connectivity index (χ0) is 14.7. The highest BCUT2D eigenvalue weighted by Gasteiger charge is 2.21. The Bertz CT molecular complexity index is 512. The van der Waals surface area contributed by atoms with Crippen LogP contribution in [-0.2, 0) is 0 Å². The van der Waals surface area contributed by atoms with Gasteiger partial charge in [-0.1, -0.05) is 0 Å². The number of anilines is 1. The van der Waals surface area contributed by atoms with Crippen LogP contribution in [0.4, 0.5) is 5.82 Å². The van der Waals surface area contributed by atoms with Crippen molar-refractivity contribution in [2.75, 3.05) is 38.6 Å². The monoisotopic (exact) mass is 273 g/mol. The molecule has 0 bridgehead atoms. The molecule has 0 atom stereocenters. The van der Waals surface area contributed by atoms with Gasteiger partial charge in [-0.25, -0.2) is 0 Å². The topological polar surface area (TPSA) is 56.1 Å². The molecule has 1 saturated heterocycles. The normalized spacial score (nSPS) is 16.9. The Labute approximate surface area is 121 Å². The smallest absolute Gasteiger partial charge is 0.169 e. The third-order valence-electron chi connectivity index (χ3n) is 4.28. The molecule has 1 fully saturated rings. The summed E-state index contributed by atoms with van der Waals surface area (Å²) in [5, 5.41) is 17.8. The molecule has 1 aliphatic heterocycles. The van der Waals surface area contributed by atoms with Gasteiger partial charge in [-0.3, -0.25) is 0 Å². The van der Waals surface area contributed by atoms with Crippen LogP contribution in [0.2, 0.25) is 0 Å². The van der Waals surface area contributed by atoms with Crippen molar-refractivity contribution in [3.8, 4) is 6.07 Å². The number of nitriles is 1. The summed E-state index contributed by atoms with van der Waals surface area (Å²) in [7, 11) is 4.18. The van der Waals surface area contributed by atoms with E-state index in [0.29, 0.717) is 11.5 Å². The predicted octanol–water partition coefficient (Wildman–Crippen LogP) is 1.74. The first-order chi connectivity index (χ1) is 9.52. The van der Waals surface area contributed by atoms with Crippen molar-refractivity contribution >= 4 is 5.82 Å². The predicted molar refractivity (Wildman–Crippen MR) is 79.7 cm³/mol. The van der Waals surface area contributed by atoms with Gasteiger partial charge in [0.2, 0.25) is 0 Å². The number of aryl methyl sites for hydroxylation is 1. The molecule has 5 heteroatoms. The average Bonchev–Trinajstić information content (AvgIpc) is 2.44. The standard InChI is InChI=1S/C15H23N5/c1-11-12(2)17-18-15(14(11)9-16)20(4)10-13-5-7-19(3)8-6-13/h13H,5-8,10H2,1-4H3. The number of aromatic nitrogens is 2. The quantitative estimate of drug-likeness (QED) is 0.839. The molecule has 0 unspecified atom stereocenters. The molecular weight excluding hydrogens is 250 g/mol. The minimum absolute atomic E-state index is 0.660. The Morgan fingerprint density at radius 2 is 1.95 bits per heavy atom. The van der Waals surface area contributed by atoms with Crippen LogP contribution < -0.4 is 4.90 Å². The fourth-order valence-electron chi connectivity index (χ4n) is 2.72. The van der Waals surface area contributed by atoms with Crippen molar-refractivity contribution in [3.63, 3.8) is 0 Å². The highest BCUT2D eigenvalue weighted by Crippen LogP contribution is 2.23. The Kier molecular flexibility index (Phi) is 4.56. The molecule has 20 heavy (non-hydrogen) atoms. The van der Waals surface area contributed by atoms with E-state index in [9.17, 15) is 5.26 Å². The molecule has 2 rings (SSSR count). The molecule has 1 aromatic rings. The molecule has 1 aliphatic rings. The van der Waals surface area contributed by atoms with Gasteiger partial charge in [0, 0.05) is 13.6 Å². The van der Waals surface area contributed by atoms with Crippen LogP contribution in [0.3, 0.4) is 0 Å². The summed E-state index contributed by atoms with van der Waals surface area (Å²) < 4.78 is 0. The number of hydrogen-bond donors (Lipinski definition) is 0. The second kappa shape index (κ2) is 6.19. The second-order valence-corrected chi connectivity index (χ2v) is 5.85. The van der Waals surface area contributed by atoms with Crippen LogP contribution in [0.5, 0.6) is 0 Å². The van der Waals surface area contributed by atoms with Crippen LogP contribution in [-0.4, -0.2) is 48.8 Å². The maximum Gasteiger partial charge on any atom is 0.169 e. The molecule has 0 radical (unpaired) electrons. The molecule has 5 nitrogen and oxygen atoms in total. The largest absolute Gasteiger partial charge is 0.357 e. The van der Waals surface area contributed by atoms with Crippen LogP contribution >= 0.6 is 0 Å². The highest BCUT2D eigenvalue weighted by molar-refractivity contribution is 5.57. The maximum absolute atomic E-state index is 9.36. The molecule has 0 N–H and O–H groups in total. The van der Waals surface area contributed by atoms with E-state index in [4.69, 9.17) is 0 Å². The third-order valence-corrected chi connectivity index (χ3v) is 4.28. The summed E-state index contributed by atoms with van der Waals surface area (Å²) >= 11 is 0. The number of hydrogen-bond acceptors (Lipinski definition) is 5. The summed E-state index contributed by atoms with van der Waals surface area (Å²) in [6.07, 6.45) is 2.42. The molecule has 1 aromatic heterocycles. The van der Waals surface area contributed by atoms with Crippen molar-refractivity contribution in [2.24, 2.45) is 5.92 Å². The van der Waals surface area contributed by atoms with Crippen molar-refractivity contribution in [2.45, 2.75) is 26.7 Å². The van der Waals surface area contributed by atoms with E-state index in [-0.39, 0.29) is 0 Å². The zero-order valence-electron chi connectivity index (χ0n) is 12.8. The van der Waals surface area contributed by atoms with Gasteiger partial charge in [-0.15, -0.1) is 5.10 Å². The van der Waals surface area contributed by atoms with Gasteiger partial charge in [0.1, 0.15) is 11.6 Å². The van der Waals surface area contributed by atoms with E-state index in [2.05, 4.69) is 33.1 Å². The van der Waals surface area contributed by atoms with Crippen LogP contribution in [0.15, 0.2) is 0 Å². The number of rotatable bonds is 3. The number of nitrogens with zero attached hydrogens (tertiary/aromatic N) is 5. The first-order valence-corrected chi connectivity index (χ1v) is 7.16. The minimum Gasteiger partial charge on any atom is -0.357 e. The van der Waals surface area contributed by atoms with Gasteiger partial charge in [0.15, 0.2) is 5.82 Å². The first-order valence-electron chi connectivity index (χ1n) is 7.16. The van der Waals surface area contributed by atoms with Crippen LogP contribution in [0, 0.1) is 31.1 Å². The molecule has 0 saturated carbocycles. The Morgan fingerprint density at radius 3 is 2.55 bits per heavy atom. The second-order valence-electron chi connectivity index (χ2n) is 5.85. The fraction of sp³-hybridized carbons (Fsp3) is 0.667. The zero-order valence-corrected chi connectivity index (χ0v) is 12.8. The molecule has 0 spiro atoms.